The summed E-state index contributed by atoms with van der Waals surface area (Å²) in [5, 5.41) is 5.91. The Bertz CT molecular complexity index is 1080. The van der Waals surface area contributed by atoms with Crippen LogP contribution in [0, 0.1) is 0 Å². The second kappa shape index (κ2) is 16.2. The number of ether oxygens (including phenoxy) is 2. The number of nitrogens with one attached hydrogen (secondary N) is 1. The van der Waals surface area contributed by atoms with Gasteiger partial charge in [0.1, 0.15) is 22.9 Å². The third-order valence-corrected chi connectivity index (χ3v) is 6.69. The summed E-state index contributed by atoms with van der Waals surface area (Å²) in [6, 6.07) is 10.3. The van der Waals surface area contributed by atoms with Gasteiger partial charge in [-0.2, -0.15) is 18.3 Å². The second-order valence-corrected chi connectivity index (χ2v) is 9.96. The second-order valence-electron chi connectivity index (χ2n) is 9.96. The third kappa shape index (κ3) is 9.90. The number of pyridine rings is 1. The summed E-state index contributed by atoms with van der Waals surface area (Å²) in [6.45, 7) is 5.59. The Morgan fingerprint density at radius 1 is 0.718 bits per heavy atom. The molecule has 0 aliphatic heterocycles. The minimum Gasteiger partial charge on any atom is -0.493 e. The van der Waals surface area contributed by atoms with Crippen molar-refractivity contribution in [1.82, 2.24) is 15.2 Å². The highest BCUT2D eigenvalue weighted by atomic mass is 19.4. The zero-order valence-electron chi connectivity index (χ0n) is 23.3. The normalized spacial score (nSPS) is 11.6. The van der Waals surface area contributed by atoms with E-state index in [-0.39, 0.29) is 5.69 Å². The van der Waals surface area contributed by atoms with Gasteiger partial charge in [-0.05, 0) is 48.7 Å². The fraction of sp³-hybridized carbons (Fsp3) is 0.548. The van der Waals surface area contributed by atoms with Gasteiger partial charge in [0.25, 0.3) is 0 Å². The zero-order valence-corrected chi connectivity index (χ0v) is 23.3. The summed E-state index contributed by atoms with van der Waals surface area (Å²) in [6.07, 6.45) is 11.1. The first-order valence-corrected chi connectivity index (χ1v) is 14.4. The Labute approximate surface area is 230 Å². The van der Waals surface area contributed by atoms with Gasteiger partial charge in [0.15, 0.2) is 0 Å². The molecule has 39 heavy (non-hydrogen) atoms. The Morgan fingerprint density at radius 3 is 1.82 bits per heavy atom. The molecule has 1 N–H and O–H groups in total. The summed E-state index contributed by atoms with van der Waals surface area (Å²) in [7, 11) is 0. The molecule has 0 amide bonds. The number of benzene rings is 1. The smallest absolute Gasteiger partial charge is 0.432 e. The maximum absolute atomic E-state index is 13.1. The minimum atomic E-state index is -4.50. The van der Waals surface area contributed by atoms with Gasteiger partial charge in [0.2, 0.25) is 0 Å². The summed E-state index contributed by atoms with van der Waals surface area (Å²) in [5.41, 5.74) is 1.10. The van der Waals surface area contributed by atoms with Crippen molar-refractivity contribution < 1.29 is 22.6 Å². The SMILES string of the molecule is CCCCCCCCOc1cccc(OCCCCCCCC)c1-c1ccnc(-c2cc(C(F)(F)F)[nH]n2)c1. The van der Waals surface area contributed by atoms with Crippen LogP contribution < -0.4 is 9.47 Å². The molecule has 0 spiro atoms. The number of hydrogen-bond donors (Lipinski definition) is 1. The molecule has 5 nitrogen and oxygen atoms in total. The third-order valence-electron chi connectivity index (χ3n) is 6.69. The highest BCUT2D eigenvalue weighted by Gasteiger charge is 2.33. The van der Waals surface area contributed by atoms with Crippen molar-refractivity contribution in [2.75, 3.05) is 13.2 Å². The van der Waals surface area contributed by atoms with Gasteiger partial charge in [0, 0.05) is 6.20 Å². The van der Waals surface area contributed by atoms with Crippen molar-refractivity contribution in [2.45, 2.75) is 97.1 Å². The molecular formula is C31H42F3N3O2. The van der Waals surface area contributed by atoms with Crippen LogP contribution in [0.5, 0.6) is 11.5 Å². The number of unbranched alkanes of at least 4 members (excludes halogenated alkanes) is 10. The van der Waals surface area contributed by atoms with Crippen LogP contribution >= 0.6 is 0 Å². The lowest BCUT2D eigenvalue weighted by atomic mass is 10.0. The fourth-order valence-corrected chi connectivity index (χ4v) is 4.49. The molecule has 0 bridgehead atoms. The zero-order chi connectivity index (χ0) is 27.9. The quantitative estimate of drug-likeness (QED) is 0.162. The highest BCUT2D eigenvalue weighted by molar-refractivity contribution is 5.79. The van der Waals surface area contributed by atoms with Crippen molar-refractivity contribution in [3.63, 3.8) is 0 Å². The van der Waals surface area contributed by atoms with E-state index in [0.717, 1.165) is 42.9 Å². The Kier molecular flexibility index (Phi) is 12.6. The first kappa shape index (κ1) is 30.5. The number of aromatic amines is 1. The summed E-state index contributed by atoms with van der Waals surface area (Å²) in [4.78, 5) is 4.28. The molecule has 0 unspecified atom stereocenters. The van der Waals surface area contributed by atoms with Gasteiger partial charge in [-0.15, -0.1) is 0 Å². The van der Waals surface area contributed by atoms with E-state index in [4.69, 9.17) is 9.47 Å². The van der Waals surface area contributed by atoms with Crippen LogP contribution in [-0.2, 0) is 6.18 Å². The van der Waals surface area contributed by atoms with Crippen molar-refractivity contribution in [1.29, 1.82) is 0 Å². The van der Waals surface area contributed by atoms with Gasteiger partial charge in [-0.1, -0.05) is 84.1 Å². The topological polar surface area (TPSA) is 60.0 Å². The van der Waals surface area contributed by atoms with Crippen LogP contribution in [0.3, 0.4) is 0 Å². The molecule has 0 fully saturated rings. The first-order valence-electron chi connectivity index (χ1n) is 14.4. The van der Waals surface area contributed by atoms with E-state index in [9.17, 15) is 13.2 Å². The lowest BCUT2D eigenvalue weighted by Crippen LogP contribution is -2.04. The predicted molar refractivity (Wildman–Crippen MR) is 150 cm³/mol. The van der Waals surface area contributed by atoms with Gasteiger partial charge < -0.3 is 9.47 Å². The standard InChI is InChI=1S/C31H42F3N3O2/c1-3-5-7-9-11-13-20-38-27-16-15-17-28(39-21-14-12-10-8-6-4-2)30(27)24-18-19-35-25(22-24)26-23-29(37-36-26)31(32,33)34/h15-19,22-23H,3-14,20-21H2,1-2H3,(H,36,37). The average Bonchev–Trinajstić information content (AvgIpc) is 3.44. The highest BCUT2D eigenvalue weighted by Crippen LogP contribution is 2.40. The molecule has 0 saturated carbocycles. The number of halogens is 3. The molecule has 2 aromatic heterocycles. The number of aromatic nitrogens is 3. The molecule has 0 aliphatic rings. The molecule has 0 atom stereocenters. The molecule has 0 saturated heterocycles. The average molecular weight is 546 g/mol. The molecule has 3 aromatic rings. The summed E-state index contributed by atoms with van der Waals surface area (Å²) >= 11 is 0. The number of hydrogen-bond acceptors (Lipinski definition) is 4. The van der Waals surface area contributed by atoms with Crippen LogP contribution in [0.1, 0.15) is 96.6 Å². The number of nitrogens with zero attached hydrogens (tertiary/aromatic N) is 2. The fourth-order valence-electron chi connectivity index (χ4n) is 4.49. The van der Waals surface area contributed by atoms with E-state index in [0.29, 0.717) is 30.4 Å². The summed E-state index contributed by atoms with van der Waals surface area (Å²) < 4.78 is 51.8. The Balaban J connectivity index is 1.78. The van der Waals surface area contributed by atoms with E-state index in [1.54, 1.807) is 12.3 Å². The van der Waals surface area contributed by atoms with Crippen LogP contribution in [-0.4, -0.2) is 28.4 Å². The van der Waals surface area contributed by atoms with E-state index >= 15 is 0 Å². The number of rotatable bonds is 18. The number of alkyl halides is 3. The number of H-pyrrole nitrogens is 1. The van der Waals surface area contributed by atoms with Gasteiger partial charge in [0.05, 0.1) is 24.5 Å². The van der Waals surface area contributed by atoms with Gasteiger partial charge >= 0.3 is 6.18 Å². The van der Waals surface area contributed by atoms with Gasteiger partial charge in [-0.3, -0.25) is 10.1 Å². The molecule has 214 valence electrons. The largest absolute Gasteiger partial charge is 0.493 e. The van der Waals surface area contributed by atoms with Crippen molar-refractivity contribution in [3.8, 4) is 34.0 Å². The lowest BCUT2D eigenvalue weighted by molar-refractivity contribution is -0.141. The molecule has 8 heteroatoms. The maximum Gasteiger partial charge on any atom is 0.432 e. The van der Waals surface area contributed by atoms with Crippen molar-refractivity contribution in [2.24, 2.45) is 0 Å². The molecule has 1 aromatic carbocycles. The monoisotopic (exact) mass is 545 g/mol. The summed E-state index contributed by atoms with van der Waals surface area (Å²) in [5.74, 6) is 1.39. The predicted octanol–water partition coefficient (Wildman–Crippen LogP) is 9.64. The molecule has 0 aliphatic carbocycles. The van der Waals surface area contributed by atoms with Crippen LogP contribution in [0.2, 0.25) is 0 Å². The van der Waals surface area contributed by atoms with Crippen LogP contribution in [0.15, 0.2) is 42.6 Å². The van der Waals surface area contributed by atoms with Gasteiger partial charge in [-0.25, -0.2) is 0 Å². The molecule has 2 heterocycles. The van der Waals surface area contributed by atoms with Crippen LogP contribution in [0.4, 0.5) is 13.2 Å². The Morgan fingerprint density at radius 2 is 1.28 bits per heavy atom. The molecule has 3 rings (SSSR count). The van der Waals surface area contributed by atoms with E-state index < -0.39 is 11.9 Å². The minimum absolute atomic E-state index is 0.129. The van der Waals surface area contributed by atoms with E-state index in [2.05, 4.69) is 29.0 Å². The van der Waals surface area contributed by atoms with Crippen molar-refractivity contribution >= 4 is 0 Å². The molecular weight excluding hydrogens is 503 g/mol. The molecule has 0 radical (unpaired) electrons. The van der Waals surface area contributed by atoms with Crippen molar-refractivity contribution in [3.05, 3.63) is 48.3 Å². The van der Waals surface area contributed by atoms with E-state index in [1.807, 2.05) is 24.3 Å². The van der Waals surface area contributed by atoms with Crippen LogP contribution in [0.25, 0.3) is 22.5 Å². The van der Waals surface area contributed by atoms with E-state index in [1.165, 1.54) is 51.4 Å². The first-order chi connectivity index (χ1) is 18.9. The Hall–Kier alpha value is -3.03. The maximum atomic E-state index is 13.1. The lowest BCUT2D eigenvalue weighted by Gasteiger charge is -2.17.